The summed E-state index contributed by atoms with van der Waals surface area (Å²) in [5.74, 6) is -1.73. The van der Waals surface area contributed by atoms with Gasteiger partial charge in [0.25, 0.3) is 0 Å². The zero-order valence-electron chi connectivity index (χ0n) is 7.21. The Hall–Kier alpha value is 0.309. The summed E-state index contributed by atoms with van der Waals surface area (Å²) in [7, 11) is 0. The van der Waals surface area contributed by atoms with E-state index in [-0.39, 0.29) is 34.1 Å². The molecule has 100 valence electrons. The van der Waals surface area contributed by atoms with Gasteiger partial charge in [0.15, 0.2) is 6.10 Å². The third-order valence-corrected chi connectivity index (χ3v) is 1.51. The molecule has 4 atom stereocenters. The van der Waals surface area contributed by atoms with Gasteiger partial charge in [0.2, 0.25) is 0 Å². The van der Waals surface area contributed by atoms with Gasteiger partial charge >= 0.3 is 5.97 Å². The molecular formula is C6H12Cu2O7. The second kappa shape index (κ2) is 9.53. The molecule has 7 nitrogen and oxygen atoms in total. The van der Waals surface area contributed by atoms with Gasteiger partial charge in [-0.2, -0.15) is 0 Å². The van der Waals surface area contributed by atoms with Crippen molar-refractivity contribution in [3.63, 3.8) is 0 Å². The number of carbonyl (C=O) groups is 1. The topological polar surface area (TPSA) is 138 Å². The number of aliphatic carboxylic acids is 1. The van der Waals surface area contributed by atoms with Gasteiger partial charge in [0.1, 0.15) is 18.3 Å². The first-order valence-corrected chi connectivity index (χ1v) is 3.47. The Kier molecular flexibility index (Phi) is 13.1. The predicted octanol–water partition coefficient (Wildman–Crippen LogP) is -3.50. The Balaban J connectivity index is -0.000000720. The molecule has 2 radical (unpaired) electrons. The number of hydrogen-bond donors (Lipinski definition) is 6. The van der Waals surface area contributed by atoms with Crippen molar-refractivity contribution in [2.45, 2.75) is 24.4 Å². The minimum absolute atomic E-state index is 0. The molecule has 0 fully saturated rings. The predicted molar refractivity (Wildman–Crippen MR) is 38.7 cm³/mol. The van der Waals surface area contributed by atoms with E-state index in [1.165, 1.54) is 0 Å². The molecule has 0 unspecified atom stereocenters. The van der Waals surface area contributed by atoms with Crippen LogP contribution in [0, 0.1) is 0 Å². The van der Waals surface area contributed by atoms with E-state index < -0.39 is 37.0 Å². The van der Waals surface area contributed by atoms with Crippen LogP contribution in [-0.2, 0) is 38.9 Å². The smallest absolute Gasteiger partial charge is 0.335 e. The molecule has 0 amide bonds. The molecule has 0 saturated carbocycles. The summed E-state index contributed by atoms with van der Waals surface area (Å²) in [6, 6.07) is 0. The van der Waals surface area contributed by atoms with E-state index >= 15 is 0 Å². The van der Waals surface area contributed by atoms with Crippen LogP contribution in [0.3, 0.4) is 0 Å². The van der Waals surface area contributed by atoms with E-state index in [2.05, 4.69) is 0 Å². The van der Waals surface area contributed by atoms with Crippen LogP contribution in [0.15, 0.2) is 0 Å². The number of aliphatic hydroxyl groups is 5. The molecule has 0 rings (SSSR count). The maximum atomic E-state index is 10.1. The first-order chi connectivity index (χ1) is 5.91. The third kappa shape index (κ3) is 6.47. The van der Waals surface area contributed by atoms with Gasteiger partial charge in [-0.15, -0.1) is 0 Å². The standard InChI is InChI=1S/C6H12O7.2Cu/c7-1-2(8)3(9)4(10)5(11)6(12)13;;/h2-5,7-11H,1H2,(H,12,13);;/t2-,3-,4+,5-;;/m1../s1. The number of aliphatic hydroxyl groups excluding tert-OH is 5. The SMILES string of the molecule is O=C(O)[C@H](O)[C@@H](O)[C@H](O)[C@H](O)CO.[Cu].[Cu]. The first kappa shape index (κ1) is 20.7. The Bertz CT molecular complexity index is 179. The van der Waals surface area contributed by atoms with Crippen molar-refractivity contribution in [1.29, 1.82) is 0 Å². The molecule has 0 aromatic heterocycles. The molecule has 6 N–H and O–H groups in total. The molecule has 0 aliphatic carbocycles. The molecule has 0 aliphatic rings. The van der Waals surface area contributed by atoms with Gasteiger partial charge in [0, 0.05) is 34.1 Å². The van der Waals surface area contributed by atoms with Crippen LogP contribution in [0.4, 0.5) is 0 Å². The molecule has 0 saturated heterocycles. The zero-order chi connectivity index (χ0) is 10.6. The third-order valence-electron chi connectivity index (χ3n) is 1.51. The zero-order valence-corrected chi connectivity index (χ0v) is 9.09. The fraction of sp³-hybridized carbons (Fsp3) is 0.833. The largest absolute Gasteiger partial charge is 0.479 e. The van der Waals surface area contributed by atoms with Gasteiger partial charge in [-0.3, -0.25) is 0 Å². The quantitative estimate of drug-likeness (QED) is 0.289. The molecule has 0 aromatic rings. The van der Waals surface area contributed by atoms with Crippen molar-refractivity contribution in [3.05, 3.63) is 0 Å². The van der Waals surface area contributed by atoms with E-state index in [4.69, 9.17) is 30.6 Å². The molecule has 15 heavy (non-hydrogen) atoms. The van der Waals surface area contributed by atoms with Gasteiger partial charge in [-0.25, -0.2) is 4.79 Å². The van der Waals surface area contributed by atoms with Crippen molar-refractivity contribution in [2.75, 3.05) is 6.61 Å². The number of carboxylic acid groups (broad SMARTS) is 1. The van der Waals surface area contributed by atoms with Crippen LogP contribution < -0.4 is 0 Å². The van der Waals surface area contributed by atoms with Crippen molar-refractivity contribution in [3.8, 4) is 0 Å². The van der Waals surface area contributed by atoms with Gasteiger partial charge in [0.05, 0.1) is 6.61 Å². The summed E-state index contributed by atoms with van der Waals surface area (Å²) in [6.07, 6.45) is -7.84. The van der Waals surface area contributed by atoms with E-state index in [9.17, 15) is 4.79 Å². The summed E-state index contributed by atoms with van der Waals surface area (Å²) in [5, 5.41) is 51.8. The normalized spacial score (nSPS) is 17.7. The van der Waals surface area contributed by atoms with E-state index in [0.29, 0.717) is 0 Å². The number of rotatable bonds is 5. The summed E-state index contributed by atoms with van der Waals surface area (Å²) >= 11 is 0. The Labute approximate surface area is 107 Å². The molecule has 9 heteroatoms. The Morgan fingerprint density at radius 3 is 1.67 bits per heavy atom. The van der Waals surface area contributed by atoms with E-state index in [1.807, 2.05) is 0 Å². The molecule has 0 heterocycles. The summed E-state index contributed by atoms with van der Waals surface area (Å²) < 4.78 is 0. The maximum Gasteiger partial charge on any atom is 0.335 e. The van der Waals surface area contributed by atoms with Crippen LogP contribution in [0.5, 0.6) is 0 Å². The van der Waals surface area contributed by atoms with Crippen LogP contribution in [-0.4, -0.2) is 67.6 Å². The van der Waals surface area contributed by atoms with Crippen molar-refractivity contribution in [1.82, 2.24) is 0 Å². The monoisotopic (exact) mass is 322 g/mol. The molecule has 0 aromatic carbocycles. The Morgan fingerprint density at radius 2 is 1.40 bits per heavy atom. The van der Waals surface area contributed by atoms with Gasteiger partial charge in [-0.05, 0) is 0 Å². The second-order valence-electron chi connectivity index (χ2n) is 2.51. The fourth-order valence-corrected chi connectivity index (χ4v) is 0.668. The van der Waals surface area contributed by atoms with E-state index in [1.54, 1.807) is 0 Å². The number of hydrogen-bond acceptors (Lipinski definition) is 6. The molecule has 0 spiro atoms. The second-order valence-corrected chi connectivity index (χ2v) is 2.51. The molecule has 0 bridgehead atoms. The summed E-state index contributed by atoms with van der Waals surface area (Å²) in [5.41, 5.74) is 0. The van der Waals surface area contributed by atoms with Crippen LogP contribution in [0.25, 0.3) is 0 Å². The minimum Gasteiger partial charge on any atom is -0.479 e. The van der Waals surface area contributed by atoms with E-state index in [0.717, 1.165) is 0 Å². The molecular weight excluding hydrogens is 311 g/mol. The summed E-state index contributed by atoms with van der Waals surface area (Å²) in [4.78, 5) is 10.1. The van der Waals surface area contributed by atoms with Crippen LogP contribution in [0.1, 0.15) is 0 Å². The average Bonchev–Trinajstić information content (AvgIpc) is 2.12. The first-order valence-electron chi connectivity index (χ1n) is 3.47. The summed E-state index contributed by atoms with van der Waals surface area (Å²) in [6.45, 7) is -0.843. The van der Waals surface area contributed by atoms with Crippen molar-refractivity contribution in [2.24, 2.45) is 0 Å². The minimum atomic E-state index is -2.20. The fourth-order valence-electron chi connectivity index (χ4n) is 0.668. The maximum absolute atomic E-state index is 10.1. The molecule has 0 aliphatic heterocycles. The van der Waals surface area contributed by atoms with Crippen molar-refractivity contribution < 1.29 is 69.6 Å². The van der Waals surface area contributed by atoms with Crippen LogP contribution in [0.2, 0.25) is 0 Å². The average molecular weight is 323 g/mol. The van der Waals surface area contributed by atoms with Crippen LogP contribution >= 0.6 is 0 Å². The van der Waals surface area contributed by atoms with Gasteiger partial charge in [-0.1, -0.05) is 0 Å². The Morgan fingerprint density at radius 1 is 1.00 bits per heavy atom. The van der Waals surface area contributed by atoms with Crippen molar-refractivity contribution >= 4 is 5.97 Å². The van der Waals surface area contributed by atoms with Gasteiger partial charge < -0.3 is 30.6 Å². The number of carboxylic acids is 1.